The second kappa shape index (κ2) is 63.9. The van der Waals surface area contributed by atoms with Gasteiger partial charge in [0, 0.05) is 19.3 Å². The molecule has 0 saturated carbocycles. The van der Waals surface area contributed by atoms with E-state index in [4.69, 9.17) is 14.2 Å². The van der Waals surface area contributed by atoms with Gasteiger partial charge in [0.2, 0.25) is 0 Å². The van der Waals surface area contributed by atoms with Gasteiger partial charge in [0.1, 0.15) is 13.2 Å². The van der Waals surface area contributed by atoms with Crippen LogP contribution >= 0.6 is 0 Å². The van der Waals surface area contributed by atoms with Crippen molar-refractivity contribution in [2.45, 2.75) is 316 Å². The minimum absolute atomic E-state index is 0.101. The zero-order valence-corrected chi connectivity index (χ0v) is 50.0. The van der Waals surface area contributed by atoms with Crippen LogP contribution in [0.25, 0.3) is 0 Å². The van der Waals surface area contributed by atoms with Gasteiger partial charge in [0.15, 0.2) is 6.10 Å². The summed E-state index contributed by atoms with van der Waals surface area (Å²) in [6.45, 7) is 6.44. The van der Waals surface area contributed by atoms with Crippen molar-refractivity contribution in [1.29, 1.82) is 0 Å². The number of allylic oxidation sites excluding steroid dienone is 16. The molecule has 0 heterocycles. The third kappa shape index (κ3) is 61.2. The number of esters is 3. The van der Waals surface area contributed by atoms with Crippen LogP contribution in [0.1, 0.15) is 310 Å². The van der Waals surface area contributed by atoms with Gasteiger partial charge in [0.05, 0.1) is 0 Å². The van der Waals surface area contributed by atoms with E-state index in [-0.39, 0.29) is 37.5 Å². The van der Waals surface area contributed by atoms with Crippen LogP contribution in [0.2, 0.25) is 0 Å². The van der Waals surface area contributed by atoms with Crippen molar-refractivity contribution in [3.8, 4) is 0 Å². The number of unbranched alkanes of at least 4 members (excludes halogenated alkanes) is 31. The van der Waals surface area contributed by atoms with Crippen molar-refractivity contribution in [2.24, 2.45) is 0 Å². The van der Waals surface area contributed by atoms with Gasteiger partial charge in [0.25, 0.3) is 0 Å². The Morgan fingerprint density at radius 2 is 0.553 bits per heavy atom. The van der Waals surface area contributed by atoms with E-state index in [1.165, 1.54) is 154 Å². The fourth-order valence-corrected chi connectivity index (χ4v) is 9.02. The smallest absolute Gasteiger partial charge is 0.306 e. The molecule has 0 rings (SSSR count). The molecule has 0 spiro atoms. The van der Waals surface area contributed by atoms with Crippen LogP contribution < -0.4 is 0 Å². The molecule has 0 aromatic heterocycles. The van der Waals surface area contributed by atoms with Crippen LogP contribution in [0.3, 0.4) is 0 Å². The van der Waals surface area contributed by atoms with Gasteiger partial charge in [-0.2, -0.15) is 0 Å². The molecule has 0 aliphatic carbocycles. The lowest BCUT2D eigenvalue weighted by Crippen LogP contribution is -2.30. The van der Waals surface area contributed by atoms with Gasteiger partial charge in [-0.25, -0.2) is 0 Å². The molecule has 0 fully saturated rings. The second-order valence-corrected chi connectivity index (χ2v) is 21.3. The zero-order valence-electron chi connectivity index (χ0n) is 50.0. The van der Waals surface area contributed by atoms with Crippen molar-refractivity contribution in [1.82, 2.24) is 0 Å². The Morgan fingerprint density at radius 1 is 0.276 bits per heavy atom. The summed E-state index contributed by atoms with van der Waals surface area (Å²) < 4.78 is 16.8. The lowest BCUT2D eigenvalue weighted by molar-refractivity contribution is -0.167. The van der Waals surface area contributed by atoms with Crippen LogP contribution in [0.5, 0.6) is 0 Å². The highest BCUT2D eigenvalue weighted by molar-refractivity contribution is 5.71. The molecule has 0 saturated heterocycles. The Balaban J connectivity index is 4.31. The summed E-state index contributed by atoms with van der Waals surface area (Å²) in [4.78, 5) is 38.2. The Hall–Kier alpha value is -3.67. The van der Waals surface area contributed by atoms with Crippen LogP contribution in [0, 0.1) is 0 Å². The van der Waals surface area contributed by atoms with Gasteiger partial charge >= 0.3 is 17.9 Å². The molecule has 0 aliphatic rings. The number of ether oxygens (including phenoxy) is 3. The molecule has 0 aromatic rings. The van der Waals surface area contributed by atoms with Crippen LogP contribution in [-0.4, -0.2) is 37.2 Å². The average Bonchev–Trinajstić information content (AvgIpc) is 3.42. The van der Waals surface area contributed by atoms with Gasteiger partial charge in [-0.05, 0) is 89.9 Å². The largest absolute Gasteiger partial charge is 0.462 e. The molecule has 1 unspecified atom stereocenters. The standard InChI is InChI=1S/C70H120O6/c1-4-7-10-13-16-19-22-24-26-28-30-32-34-35-37-38-40-42-44-46-48-51-54-57-60-63-69(72)75-66-67(65-74-68(71)62-59-56-53-50-21-18-15-12-9-6-3)76-70(73)64-61-58-55-52-49-47-45-43-41-39-36-33-31-29-27-25-23-20-17-14-11-8-5-2/h8,11-12,15,17,20,25,27,31,33,39,41,45,47,52,55,67H,4-7,9-10,13-14,16,18-19,21-24,26,28-30,32,34-38,40,42-44,46,48-51,53-54,56-66H2,1-3H3/b11-8-,15-12-,20-17-,27-25-,33-31-,41-39-,47-45-,55-52-. The monoisotopic (exact) mass is 1060 g/mol. The Morgan fingerprint density at radius 3 is 0.908 bits per heavy atom. The van der Waals surface area contributed by atoms with Gasteiger partial charge in [-0.1, -0.05) is 298 Å². The summed E-state index contributed by atoms with van der Waals surface area (Å²) in [5, 5.41) is 0. The third-order valence-corrected chi connectivity index (χ3v) is 13.8. The molecular formula is C70H120O6. The molecule has 0 radical (unpaired) electrons. The Bertz CT molecular complexity index is 1490. The quantitative estimate of drug-likeness (QED) is 0.0261. The minimum Gasteiger partial charge on any atom is -0.462 e. The Labute approximate surface area is 470 Å². The van der Waals surface area contributed by atoms with E-state index in [0.717, 1.165) is 109 Å². The van der Waals surface area contributed by atoms with E-state index in [1.54, 1.807) is 0 Å². The average molecular weight is 1060 g/mol. The maximum atomic E-state index is 12.9. The summed E-state index contributed by atoms with van der Waals surface area (Å²) in [5.41, 5.74) is 0. The van der Waals surface area contributed by atoms with Gasteiger partial charge < -0.3 is 14.2 Å². The van der Waals surface area contributed by atoms with Crippen LogP contribution in [0.15, 0.2) is 97.2 Å². The number of rotatable bonds is 58. The van der Waals surface area contributed by atoms with E-state index in [9.17, 15) is 14.4 Å². The van der Waals surface area contributed by atoms with E-state index < -0.39 is 6.10 Å². The maximum Gasteiger partial charge on any atom is 0.306 e. The fourth-order valence-electron chi connectivity index (χ4n) is 9.02. The predicted molar refractivity (Wildman–Crippen MR) is 330 cm³/mol. The third-order valence-electron chi connectivity index (χ3n) is 13.8. The summed E-state index contributed by atoms with van der Waals surface area (Å²) in [6, 6.07) is 0. The SMILES string of the molecule is CC/C=C\C/C=C\C/C=C\C/C=C\C/C=C\C/C=C\C/C=C\CCCC(=O)OC(COC(=O)CCCCCCC/C=C\CCC)COC(=O)CCCCCCCCCCCCCCCCCCCCCCCCCCC. The first-order valence-electron chi connectivity index (χ1n) is 32.2. The van der Waals surface area contributed by atoms with Crippen molar-refractivity contribution < 1.29 is 28.6 Å². The minimum atomic E-state index is -0.811. The highest BCUT2D eigenvalue weighted by Gasteiger charge is 2.19. The molecule has 76 heavy (non-hydrogen) atoms. The highest BCUT2D eigenvalue weighted by Crippen LogP contribution is 2.17. The summed E-state index contributed by atoms with van der Waals surface area (Å²) in [5.74, 6) is -0.964. The second-order valence-electron chi connectivity index (χ2n) is 21.3. The molecule has 6 nitrogen and oxygen atoms in total. The number of hydrogen-bond acceptors (Lipinski definition) is 6. The molecule has 0 aliphatic heterocycles. The van der Waals surface area contributed by atoms with Crippen LogP contribution in [0.4, 0.5) is 0 Å². The van der Waals surface area contributed by atoms with E-state index in [0.29, 0.717) is 19.3 Å². The molecule has 436 valence electrons. The van der Waals surface area contributed by atoms with Crippen molar-refractivity contribution in [3.05, 3.63) is 97.2 Å². The fraction of sp³-hybridized carbons (Fsp3) is 0.729. The molecule has 1 atom stereocenters. The molecule has 0 bridgehead atoms. The first-order valence-corrected chi connectivity index (χ1v) is 32.2. The summed E-state index contributed by atoms with van der Waals surface area (Å²) in [6.07, 6.45) is 85.8. The van der Waals surface area contributed by atoms with E-state index >= 15 is 0 Å². The normalized spacial score (nSPS) is 12.7. The topological polar surface area (TPSA) is 78.9 Å². The zero-order chi connectivity index (χ0) is 55.0. The lowest BCUT2D eigenvalue weighted by Gasteiger charge is -2.18. The number of carbonyl (C=O) groups is 3. The molecule has 0 amide bonds. The molecular weight excluding hydrogens is 937 g/mol. The Kier molecular flexibility index (Phi) is 60.8. The van der Waals surface area contributed by atoms with Crippen molar-refractivity contribution >= 4 is 17.9 Å². The number of carbonyl (C=O) groups excluding carboxylic acids is 3. The highest BCUT2D eigenvalue weighted by atomic mass is 16.6. The van der Waals surface area contributed by atoms with Gasteiger partial charge in [-0.3, -0.25) is 14.4 Å². The summed E-state index contributed by atoms with van der Waals surface area (Å²) >= 11 is 0. The van der Waals surface area contributed by atoms with E-state index in [2.05, 4.69) is 118 Å². The molecule has 6 heteroatoms. The maximum absolute atomic E-state index is 12.9. The lowest BCUT2D eigenvalue weighted by atomic mass is 10.0. The first kappa shape index (κ1) is 72.3. The summed E-state index contributed by atoms with van der Waals surface area (Å²) in [7, 11) is 0. The van der Waals surface area contributed by atoms with Crippen molar-refractivity contribution in [2.75, 3.05) is 13.2 Å². The first-order chi connectivity index (χ1) is 37.5. The number of hydrogen-bond donors (Lipinski definition) is 0. The molecule has 0 N–H and O–H groups in total. The van der Waals surface area contributed by atoms with Gasteiger partial charge in [-0.15, -0.1) is 0 Å². The molecule has 0 aromatic carbocycles. The van der Waals surface area contributed by atoms with Crippen LogP contribution in [-0.2, 0) is 28.6 Å². The van der Waals surface area contributed by atoms with E-state index in [1.807, 2.05) is 0 Å². The predicted octanol–water partition coefficient (Wildman–Crippen LogP) is 22.0. The van der Waals surface area contributed by atoms with Crippen molar-refractivity contribution in [3.63, 3.8) is 0 Å².